The van der Waals surface area contributed by atoms with Crippen LogP contribution in [0.2, 0.25) is 0 Å². The van der Waals surface area contributed by atoms with Crippen molar-refractivity contribution in [1.29, 1.82) is 0 Å². The normalized spacial score (nSPS) is 10.1. The predicted octanol–water partition coefficient (Wildman–Crippen LogP) is 1.71. The molecule has 0 saturated carbocycles. The molecule has 0 atom stereocenters. The van der Waals surface area contributed by atoms with Crippen LogP contribution in [-0.2, 0) is 17.8 Å². The monoisotopic (exact) mass is 208 g/mol. The highest BCUT2D eigenvalue weighted by atomic mass is 16.5. The van der Waals surface area contributed by atoms with E-state index in [9.17, 15) is 4.79 Å². The fraction of sp³-hybridized carbons (Fsp3) is 0.417. The van der Waals surface area contributed by atoms with Gasteiger partial charge in [-0.25, -0.2) is 0 Å². The number of hydrogen-bond acceptors (Lipinski definition) is 3. The third-order valence-corrected chi connectivity index (χ3v) is 1.97. The topological polar surface area (TPSA) is 46.5 Å². The van der Waals surface area contributed by atoms with Crippen LogP contribution in [0.15, 0.2) is 18.2 Å². The number of aliphatic hydroxyl groups excluding tert-OH is 1. The summed E-state index contributed by atoms with van der Waals surface area (Å²) in [5.74, 6) is 0.813. The molecule has 15 heavy (non-hydrogen) atoms. The van der Waals surface area contributed by atoms with E-state index in [1.807, 2.05) is 19.1 Å². The van der Waals surface area contributed by atoms with Crippen LogP contribution in [0.25, 0.3) is 0 Å². The molecule has 0 heterocycles. The van der Waals surface area contributed by atoms with Gasteiger partial charge in [0.15, 0.2) is 0 Å². The summed E-state index contributed by atoms with van der Waals surface area (Å²) in [5.41, 5.74) is 1.66. The first-order chi connectivity index (χ1) is 7.15. The smallest absolute Gasteiger partial charge is 0.134 e. The zero-order chi connectivity index (χ0) is 11.3. The second-order valence-electron chi connectivity index (χ2n) is 3.46. The largest absolute Gasteiger partial charge is 0.494 e. The van der Waals surface area contributed by atoms with Crippen LogP contribution in [-0.4, -0.2) is 17.5 Å². The molecule has 82 valence electrons. The van der Waals surface area contributed by atoms with Crippen LogP contribution in [0.3, 0.4) is 0 Å². The van der Waals surface area contributed by atoms with Gasteiger partial charge in [0.05, 0.1) is 13.2 Å². The van der Waals surface area contributed by atoms with Gasteiger partial charge in [0, 0.05) is 6.42 Å². The van der Waals surface area contributed by atoms with E-state index in [0.717, 1.165) is 11.1 Å². The maximum atomic E-state index is 11.0. The number of carbonyl (C=O) groups excluding carboxylic acids is 1. The second-order valence-corrected chi connectivity index (χ2v) is 3.46. The summed E-state index contributed by atoms with van der Waals surface area (Å²) in [6, 6.07) is 5.45. The molecule has 1 rings (SSSR count). The number of ether oxygens (including phenoxy) is 1. The first kappa shape index (κ1) is 11.7. The van der Waals surface area contributed by atoms with Crippen molar-refractivity contribution in [1.82, 2.24) is 0 Å². The Kier molecular flexibility index (Phi) is 4.31. The molecular weight excluding hydrogens is 192 g/mol. The number of carbonyl (C=O) groups is 1. The van der Waals surface area contributed by atoms with Gasteiger partial charge in [-0.15, -0.1) is 0 Å². The Morgan fingerprint density at radius 1 is 1.33 bits per heavy atom. The van der Waals surface area contributed by atoms with E-state index < -0.39 is 0 Å². The van der Waals surface area contributed by atoms with Crippen molar-refractivity contribution in [2.45, 2.75) is 26.9 Å². The van der Waals surface area contributed by atoms with Crippen molar-refractivity contribution < 1.29 is 14.6 Å². The van der Waals surface area contributed by atoms with Crippen LogP contribution in [0.5, 0.6) is 5.75 Å². The molecule has 0 spiro atoms. The molecule has 0 aliphatic heterocycles. The van der Waals surface area contributed by atoms with E-state index in [4.69, 9.17) is 9.84 Å². The van der Waals surface area contributed by atoms with Crippen LogP contribution in [0.4, 0.5) is 0 Å². The van der Waals surface area contributed by atoms with Crippen molar-refractivity contribution in [3.63, 3.8) is 0 Å². The summed E-state index contributed by atoms with van der Waals surface area (Å²) >= 11 is 0. The zero-order valence-corrected chi connectivity index (χ0v) is 9.12. The maximum absolute atomic E-state index is 11.0. The Balaban J connectivity index is 2.94. The molecule has 0 aliphatic rings. The molecule has 0 fully saturated rings. The Bertz CT molecular complexity index is 345. The molecule has 1 N–H and O–H groups in total. The van der Waals surface area contributed by atoms with E-state index in [2.05, 4.69) is 0 Å². The number of rotatable bonds is 5. The zero-order valence-electron chi connectivity index (χ0n) is 9.12. The molecular formula is C12H16O3. The molecule has 0 radical (unpaired) electrons. The van der Waals surface area contributed by atoms with Gasteiger partial charge in [-0.05, 0) is 37.1 Å². The van der Waals surface area contributed by atoms with E-state index in [-0.39, 0.29) is 12.4 Å². The fourth-order valence-corrected chi connectivity index (χ4v) is 1.46. The number of benzene rings is 1. The Labute approximate surface area is 89.7 Å². The standard InChI is InChI=1S/C12H16O3/c1-3-15-12-6-10(4-9(2)14)5-11(7-12)8-13/h5-7,13H,3-4,8H2,1-2H3. The first-order valence-corrected chi connectivity index (χ1v) is 5.01. The summed E-state index contributed by atoms with van der Waals surface area (Å²) in [4.78, 5) is 11.0. The molecule has 0 unspecified atom stereocenters. The minimum absolute atomic E-state index is 0.0359. The van der Waals surface area contributed by atoms with Gasteiger partial charge in [-0.1, -0.05) is 6.07 Å². The van der Waals surface area contributed by atoms with E-state index in [1.165, 1.54) is 0 Å². The van der Waals surface area contributed by atoms with Crippen LogP contribution in [0.1, 0.15) is 25.0 Å². The summed E-state index contributed by atoms with van der Waals surface area (Å²) in [6.07, 6.45) is 0.383. The van der Waals surface area contributed by atoms with Crippen LogP contribution >= 0.6 is 0 Å². The van der Waals surface area contributed by atoms with Gasteiger partial charge >= 0.3 is 0 Å². The predicted molar refractivity (Wildman–Crippen MR) is 57.9 cm³/mol. The highest BCUT2D eigenvalue weighted by Crippen LogP contribution is 2.18. The van der Waals surface area contributed by atoms with Crippen molar-refractivity contribution >= 4 is 5.78 Å². The molecule has 1 aromatic rings. The maximum Gasteiger partial charge on any atom is 0.134 e. The molecule has 0 amide bonds. The minimum atomic E-state index is -0.0359. The molecule has 0 aromatic heterocycles. The van der Waals surface area contributed by atoms with E-state index in [0.29, 0.717) is 18.8 Å². The second kappa shape index (κ2) is 5.51. The van der Waals surface area contributed by atoms with Crippen molar-refractivity contribution in [2.24, 2.45) is 0 Å². The summed E-state index contributed by atoms with van der Waals surface area (Å²) in [7, 11) is 0. The average Bonchev–Trinajstić information content (AvgIpc) is 2.16. The van der Waals surface area contributed by atoms with Crippen LogP contribution in [0, 0.1) is 0 Å². The SMILES string of the molecule is CCOc1cc(CO)cc(CC(C)=O)c1. The van der Waals surface area contributed by atoms with Gasteiger partial charge in [0.2, 0.25) is 0 Å². The van der Waals surface area contributed by atoms with Gasteiger partial charge in [-0.3, -0.25) is 4.79 Å². The molecule has 3 heteroatoms. The molecule has 3 nitrogen and oxygen atoms in total. The highest BCUT2D eigenvalue weighted by Gasteiger charge is 2.03. The lowest BCUT2D eigenvalue weighted by atomic mass is 10.1. The van der Waals surface area contributed by atoms with Gasteiger partial charge in [0.1, 0.15) is 11.5 Å². The van der Waals surface area contributed by atoms with Gasteiger partial charge in [0.25, 0.3) is 0 Å². The third kappa shape index (κ3) is 3.72. The van der Waals surface area contributed by atoms with Crippen molar-refractivity contribution in [3.05, 3.63) is 29.3 Å². The molecule has 1 aromatic carbocycles. The lowest BCUT2D eigenvalue weighted by Gasteiger charge is -2.08. The Morgan fingerprint density at radius 3 is 2.53 bits per heavy atom. The first-order valence-electron chi connectivity index (χ1n) is 5.01. The van der Waals surface area contributed by atoms with E-state index in [1.54, 1.807) is 13.0 Å². The Hall–Kier alpha value is -1.35. The van der Waals surface area contributed by atoms with E-state index >= 15 is 0 Å². The number of Topliss-reactive ketones (excluding diaryl/α,β-unsaturated/α-hetero) is 1. The molecule has 0 aliphatic carbocycles. The van der Waals surface area contributed by atoms with Crippen molar-refractivity contribution in [3.8, 4) is 5.75 Å². The summed E-state index contributed by atoms with van der Waals surface area (Å²) < 4.78 is 5.35. The highest BCUT2D eigenvalue weighted by molar-refractivity contribution is 5.78. The van der Waals surface area contributed by atoms with Gasteiger partial charge < -0.3 is 9.84 Å². The third-order valence-electron chi connectivity index (χ3n) is 1.97. The summed E-state index contributed by atoms with van der Waals surface area (Å²) in [5, 5.41) is 9.05. The lowest BCUT2D eigenvalue weighted by Crippen LogP contribution is -2.00. The van der Waals surface area contributed by atoms with Gasteiger partial charge in [-0.2, -0.15) is 0 Å². The number of hydrogen-bond donors (Lipinski definition) is 1. The average molecular weight is 208 g/mol. The number of ketones is 1. The molecule has 0 saturated heterocycles. The Morgan fingerprint density at radius 2 is 2.00 bits per heavy atom. The fourth-order valence-electron chi connectivity index (χ4n) is 1.46. The van der Waals surface area contributed by atoms with Crippen LogP contribution < -0.4 is 4.74 Å². The van der Waals surface area contributed by atoms with Crippen molar-refractivity contribution in [2.75, 3.05) is 6.61 Å². The quantitative estimate of drug-likeness (QED) is 0.801. The minimum Gasteiger partial charge on any atom is -0.494 e. The number of aliphatic hydroxyl groups is 1. The summed E-state index contributed by atoms with van der Waals surface area (Å²) in [6.45, 7) is 3.99. The molecule has 0 bridgehead atoms. The lowest BCUT2D eigenvalue weighted by molar-refractivity contribution is -0.116.